The van der Waals surface area contributed by atoms with Crippen molar-refractivity contribution in [3.8, 4) is 0 Å². The van der Waals surface area contributed by atoms with E-state index in [9.17, 15) is 30.7 Å². The smallest absolute Gasteiger partial charge is 0.395 e. The fourth-order valence-corrected chi connectivity index (χ4v) is 2.29. The van der Waals surface area contributed by atoms with Crippen molar-refractivity contribution in [1.82, 2.24) is 0 Å². The Morgan fingerprint density at radius 2 is 1.57 bits per heavy atom. The van der Waals surface area contributed by atoms with E-state index in [1.54, 1.807) is 0 Å². The minimum atomic E-state index is -4.89. The lowest BCUT2D eigenvalue weighted by molar-refractivity contribution is -0.0925. The summed E-state index contributed by atoms with van der Waals surface area (Å²) in [4.78, 5) is 3.44. The van der Waals surface area contributed by atoms with Gasteiger partial charge in [0.15, 0.2) is 0 Å². The highest BCUT2D eigenvalue weighted by atomic mass is 19.4. The van der Waals surface area contributed by atoms with Crippen molar-refractivity contribution in [1.29, 1.82) is 0 Å². The second kappa shape index (κ2) is 8.32. The zero-order valence-electron chi connectivity index (χ0n) is 14.3. The summed E-state index contributed by atoms with van der Waals surface area (Å²) >= 11 is 0. The predicted molar refractivity (Wildman–Crippen MR) is 90.8 cm³/mol. The van der Waals surface area contributed by atoms with E-state index in [2.05, 4.69) is 10.3 Å². The van der Waals surface area contributed by atoms with Gasteiger partial charge in [0.2, 0.25) is 0 Å². The van der Waals surface area contributed by atoms with Crippen molar-refractivity contribution in [2.24, 2.45) is 10.7 Å². The number of rotatable bonds is 5. The number of aliphatic imine (C=N–C) groups is 1. The van der Waals surface area contributed by atoms with E-state index < -0.39 is 53.0 Å². The van der Waals surface area contributed by atoms with Crippen molar-refractivity contribution in [3.05, 3.63) is 76.5 Å². The molecule has 0 spiro atoms. The maximum absolute atomic E-state index is 14.3. The number of benzene rings is 2. The van der Waals surface area contributed by atoms with Crippen LogP contribution in [-0.4, -0.2) is 18.9 Å². The van der Waals surface area contributed by atoms with Gasteiger partial charge in [0.05, 0.1) is 11.3 Å². The van der Waals surface area contributed by atoms with Gasteiger partial charge in [0.25, 0.3) is 0 Å². The average Bonchev–Trinajstić information content (AvgIpc) is 2.58. The highest BCUT2D eigenvalue weighted by Crippen LogP contribution is 2.25. The largest absolute Gasteiger partial charge is 0.430 e. The Morgan fingerprint density at radius 1 is 1.04 bits per heavy atom. The average molecular weight is 405 g/mol. The number of nitrogens with one attached hydrogen (secondary N) is 1. The molecule has 0 aliphatic heterocycles. The molecule has 0 saturated heterocycles. The molecular weight excluding hydrogens is 391 g/mol. The minimum absolute atomic E-state index is 0.176. The number of allylic oxidation sites excluding steroid dienone is 2. The summed E-state index contributed by atoms with van der Waals surface area (Å²) in [5.74, 6) is -4.16. The third kappa shape index (κ3) is 4.81. The standard InChI is InChI=1S/C18H14F7N3/c1-27-15(7-16(26)18(23,24)25)17-13(21)5-9(6-14(17)22)28-8-10-11(19)3-2-4-12(10)20/h2-7,28H,8,26H2,1H3/b16-7-,27-15?. The molecule has 0 atom stereocenters. The summed E-state index contributed by atoms with van der Waals surface area (Å²) in [5.41, 5.74) is 1.28. The highest BCUT2D eigenvalue weighted by Gasteiger charge is 2.32. The molecule has 2 aromatic rings. The van der Waals surface area contributed by atoms with Crippen LogP contribution < -0.4 is 11.1 Å². The zero-order valence-corrected chi connectivity index (χ0v) is 14.3. The topological polar surface area (TPSA) is 50.4 Å². The molecule has 0 radical (unpaired) electrons. The van der Waals surface area contributed by atoms with E-state index in [1.807, 2.05) is 0 Å². The third-order valence-electron chi connectivity index (χ3n) is 3.69. The molecule has 0 bridgehead atoms. The maximum Gasteiger partial charge on any atom is 0.430 e. The summed E-state index contributed by atoms with van der Waals surface area (Å²) in [6.07, 6.45) is -4.59. The van der Waals surface area contributed by atoms with E-state index in [4.69, 9.17) is 5.73 Å². The van der Waals surface area contributed by atoms with Crippen molar-refractivity contribution in [3.63, 3.8) is 0 Å². The molecular formula is C18H14F7N3. The van der Waals surface area contributed by atoms with Crippen LogP contribution in [0.1, 0.15) is 11.1 Å². The van der Waals surface area contributed by atoms with Crippen molar-refractivity contribution in [2.75, 3.05) is 12.4 Å². The molecule has 0 saturated carbocycles. The lowest BCUT2D eigenvalue weighted by Crippen LogP contribution is -2.21. The molecule has 0 fully saturated rings. The number of alkyl halides is 3. The zero-order chi connectivity index (χ0) is 21.1. The number of nitrogens with zero attached hydrogens (tertiary/aromatic N) is 1. The van der Waals surface area contributed by atoms with Crippen LogP contribution in [-0.2, 0) is 6.54 Å². The molecule has 0 unspecified atom stereocenters. The second-order valence-corrected chi connectivity index (χ2v) is 5.57. The fraction of sp³-hybridized carbons (Fsp3) is 0.167. The molecule has 2 rings (SSSR count). The maximum atomic E-state index is 14.3. The second-order valence-electron chi connectivity index (χ2n) is 5.57. The van der Waals surface area contributed by atoms with Crippen molar-refractivity contribution < 1.29 is 30.7 Å². The normalized spacial score (nSPS) is 13.0. The van der Waals surface area contributed by atoms with Gasteiger partial charge in [-0.1, -0.05) is 6.07 Å². The summed E-state index contributed by atoms with van der Waals surface area (Å²) in [5, 5.41) is 2.45. The van der Waals surface area contributed by atoms with Gasteiger partial charge in [-0.05, 0) is 30.3 Å². The van der Waals surface area contributed by atoms with Gasteiger partial charge in [-0.15, -0.1) is 0 Å². The first kappa shape index (κ1) is 21.3. The van der Waals surface area contributed by atoms with Gasteiger partial charge in [0.1, 0.15) is 29.0 Å². The number of hydrogen-bond acceptors (Lipinski definition) is 3. The molecule has 0 aromatic heterocycles. The van der Waals surface area contributed by atoms with Gasteiger partial charge in [0, 0.05) is 24.8 Å². The quantitative estimate of drug-likeness (QED) is 0.561. The number of nitrogens with two attached hydrogens (primary N) is 1. The number of hydrogen-bond donors (Lipinski definition) is 2. The number of anilines is 1. The van der Waals surface area contributed by atoms with Gasteiger partial charge in [-0.2, -0.15) is 13.2 Å². The molecule has 2 aromatic carbocycles. The first-order valence-corrected chi connectivity index (χ1v) is 7.72. The van der Waals surface area contributed by atoms with Crippen LogP contribution in [0.4, 0.5) is 36.4 Å². The summed E-state index contributed by atoms with van der Waals surface area (Å²) in [7, 11) is 1.04. The monoisotopic (exact) mass is 405 g/mol. The highest BCUT2D eigenvalue weighted by molar-refractivity contribution is 6.09. The molecule has 10 heteroatoms. The molecule has 150 valence electrons. The summed E-state index contributed by atoms with van der Waals surface area (Å²) < 4.78 is 93.5. The lowest BCUT2D eigenvalue weighted by atomic mass is 10.1. The molecule has 0 amide bonds. The first-order valence-electron chi connectivity index (χ1n) is 7.72. The summed E-state index contributed by atoms with van der Waals surface area (Å²) in [6, 6.07) is 4.73. The van der Waals surface area contributed by atoms with Gasteiger partial charge in [-0.25, -0.2) is 17.6 Å². The van der Waals surface area contributed by atoms with Crippen molar-refractivity contribution in [2.45, 2.75) is 12.7 Å². The van der Waals surface area contributed by atoms with Crippen LogP contribution in [0.2, 0.25) is 0 Å². The van der Waals surface area contributed by atoms with E-state index in [1.165, 1.54) is 0 Å². The van der Waals surface area contributed by atoms with E-state index in [-0.39, 0.29) is 11.3 Å². The molecule has 3 N–H and O–H groups in total. The van der Waals surface area contributed by atoms with E-state index in [0.29, 0.717) is 6.08 Å². The molecule has 0 aliphatic carbocycles. The van der Waals surface area contributed by atoms with E-state index >= 15 is 0 Å². The Kier molecular flexibility index (Phi) is 6.32. The molecule has 28 heavy (non-hydrogen) atoms. The minimum Gasteiger partial charge on any atom is -0.395 e. The predicted octanol–water partition coefficient (Wildman–Crippen LogP) is 4.68. The van der Waals surface area contributed by atoms with Gasteiger partial charge >= 0.3 is 6.18 Å². The fourth-order valence-electron chi connectivity index (χ4n) is 2.29. The Bertz CT molecular complexity index is 890. The van der Waals surface area contributed by atoms with Crippen LogP contribution >= 0.6 is 0 Å². The van der Waals surface area contributed by atoms with E-state index in [0.717, 1.165) is 37.4 Å². The van der Waals surface area contributed by atoms with Crippen LogP contribution in [0.5, 0.6) is 0 Å². The van der Waals surface area contributed by atoms with Crippen molar-refractivity contribution >= 4 is 11.4 Å². The third-order valence-corrected chi connectivity index (χ3v) is 3.69. The molecule has 0 heterocycles. The summed E-state index contributed by atoms with van der Waals surface area (Å²) in [6.45, 7) is -0.410. The Balaban J connectivity index is 2.32. The molecule has 3 nitrogen and oxygen atoms in total. The SMILES string of the molecule is CN=C(/C=C(\N)C(F)(F)F)c1c(F)cc(NCc2c(F)cccc2F)cc1F. The van der Waals surface area contributed by atoms with Crippen LogP contribution in [0.3, 0.4) is 0 Å². The number of halogens is 7. The first-order chi connectivity index (χ1) is 13.0. The lowest BCUT2D eigenvalue weighted by Gasteiger charge is -2.12. The Morgan fingerprint density at radius 3 is 2.04 bits per heavy atom. The molecule has 0 aliphatic rings. The van der Waals surface area contributed by atoms with Crippen LogP contribution in [0, 0.1) is 23.3 Å². The Labute approximate surface area is 155 Å². The van der Waals surface area contributed by atoms with Crippen LogP contribution in [0.25, 0.3) is 0 Å². The van der Waals surface area contributed by atoms with Gasteiger partial charge in [-0.3, -0.25) is 4.99 Å². The van der Waals surface area contributed by atoms with Crippen LogP contribution in [0.15, 0.2) is 47.1 Å². The van der Waals surface area contributed by atoms with Gasteiger partial charge < -0.3 is 11.1 Å². The Hall–Kier alpha value is -3.04.